The molecule has 3 heterocycles. The molecule has 0 aliphatic carbocycles. The van der Waals surface area contributed by atoms with Crippen LogP contribution in [0, 0.1) is 5.82 Å². The lowest BCUT2D eigenvalue weighted by Crippen LogP contribution is -2.52. The number of anilines is 1. The normalized spacial score (nSPS) is 22.2. The van der Waals surface area contributed by atoms with Crippen molar-refractivity contribution in [3.05, 3.63) is 29.1 Å². The Morgan fingerprint density at radius 1 is 1.10 bits per heavy atom. The molecule has 1 aromatic carbocycles. The summed E-state index contributed by atoms with van der Waals surface area (Å²) in [5.74, 6) is -1.53. The van der Waals surface area contributed by atoms with Crippen molar-refractivity contribution in [1.29, 1.82) is 0 Å². The van der Waals surface area contributed by atoms with Crippen molar-refractivity contribution >= 4 is 23.4 Å². The number of amides is 3. The Bertz CT molecular complexity index is 805. The van der Waals surface area contributed by atoms with Crippen molar-refractivity contribution in [3.63, 3.8) is 0 Å². The number of carbonyl (C=O) groups excluding carboxylic acids is 3. The maximum atomic E-state index is 14.7. The number of benzene rings is 1. The number of hydrogen-bond donors (Lipinski definition) is 1. The Hall–Kier alpha value is -2.48. The second kappa shape index (κ2) is 8.90. The van der Waals surface area contributed by atoms with E-state index in [4.69, 9.17) is 0 Å². The Balaban J connectivity index is 0.00000117. The fourth-order valence-corrected chi connectivity index (χ4v) is 4.12. The molecular weight excluding hydrogens is 375 g/mol. The molecule has 1 N–H and O–H groups in total. The molecular formula is C21H29FN4O3. The van der Waals surface area contributed by atoms with E-state index in [1.165, 1.54) is 11.0 Å². The summed E-state index contributed by atoms with van der Waals surface area (Å²) in [7, 11) is 0. The van der Waals surface area contributed by atoms with Crippen LogP contribution in [0.3, 0.4) is 0 Å². The minimum Gasteiger partial charge on any atom is -0.367 e. The number of piperidine rings is 1. The molecule has 3 aliphatic heterocycles. The highest BCUT2D eigenvalue weighted by atomic mass is 19.1. The first-order valence-electron chi connectivity index (χ1n) is 10.4. The van der Waals surface area contributed by atoms with Crippen molar-refractivity contribution in [2.45, 2.75) is 46.2 Å². The van der Waals surface area contributed by atoms with E-state index in [2.05, 4.69) is 17.1 Å². The largest absolute Gasteiger partial charge is 0.367 e. The molecule has 2 saturated heterocycles. The molecule has 3 aliphatic rings. The highest BCUT2D eigenvalue weighted by Crippen LogP contribution is 2.32. The van der Waals surface area contributed by atoms with Gasteiger partial charge >= 0.3 is 0 Å². The first-order valence-corrected chi connectivity index (χ1v) is 10.4. The second-order valence-corrected chi connectivity index (χ2v) is 7.28. The number of carbonyl (C=O) groups is 3. The van der Waals surface area contributed by atoms with Crippen LogP contribution in [0.5, 0.6) is 0 Å². The molecule has 0 spiro atoms. The summed E-state index contributed by atoms with van der Waals surface area (Å²) in [5, 5.41) is 2.28. The topological polar surface area (TPSA) is 73.0 Å². The van der Waals surface area contributed by atoms with Gasteiger partial charge in [0.2, 0.25) is 11.8 Å². The Morgan fingerprint density at radius 3 is 2.41 bits per heavy atom. The standard InChI is InChI=1S/C19H23FN4O3.C2H6/c1-2-22-5-7-23(8-6-22)16-9-12-11-24(19(27)13(12)10-14(16)20)15-3-4-17(25)21-18(15)26;1-2/h9-10,15H,2-8,11H2,1H3,(H,21,25,26);1-2H3. The van der Waals surface area contributed by atoms with Gasteiger partial charge < -0.3 is 14.7 Å². The SMILES string of the molecule is CC.CCN1CCN(c2cc3c(cc2F)C(=O)N(C2CCC(=O)NC2=O)C3)CC1. The van der Waals surface area contributed by atoms with Gasteiger partial charge in [0.1, 0.15) is 11.9 Å². The zero-order valence-corrected chi connectivity index (χ0v) is 17.3. The predicted octanol–water partition coefficient (Wildman–Crippen LogP) is 1.75. The van der Waals surface area contributed by atoms with Gasteiger partial charge in [0, 0.05) is 44.7 Å². The number of imide groups is 1. The first kappa shape index (κ1) is 21.2. The maximum Gasteiger partial charge on any atom is 0.255 e. The van der Waals surface area contributed by atoms with Gasteiger partial charge in [-0.05, 0) is 30.7 Å². The van der Waals surface area contributed by atoms with Crippen LogP contribution in [-0.4, -0.2) is 66.3 Å². The van der Waals surface area contributed by atoms with Gasteiger partial charge in [-0.15, -0.1) is 0 Å². The summed E-state index contributed by atoms with van der Waals surface area (Å²) in [4.78, 5) is 42.0. The number of nitrogens with zero attached hydrogens (tertiary/aromatic N) is 3. The highest BCUT2D eigenvalue weighted by molar-refractivity contribution is 6.05. The van der Waals surface area contributed by atoms with E-state index < -0.39 is 17.8 Å². The summed E-state index contributed by atoms with van der Waals surface area (Å²) < 4.78 is 14.7. The van der Waals surface area contributed by atoms with E-state index in [0.29, 0.717) is 17.7 Å². The van der Waals surface area contributed by atoms with Crippen LogP contribution in [-0.2, 0) is 16.1 Å². The Labute approximate surface area is 170 Å². The van der Waals surface area contributed by atoms with Crippen LogP contribution >= 0.6 is 0 Å². The number of nitrogens with one attached hydrogen (secondary N) is 1. The molecule has 1 aromatic rings. The van der Waals surface area contributed by atoms with Gasteiger partial charge in [-0.1, -0.05) is 20.8 Å². The van der Waals surface area contributed by atoms with Gasteiger partial charge in [-0.3, -0.25) is 19.7 Å². The molecule has 0 radical (unpaired) electrons. The van der Waals surface area contributed by atoms with Crippen molar-refractivity contribution in [2.75, 3.05) is 37.6 Å². The summed E-state index contributed by atoms with van der Waals surface area (Å²) in [6, 6.07) is 2.36. The van der Waals surface area contributed by atoms with Gasteiger partial charge in [0.05, 0.1) is 5.69 Å². The quantitative estimate of drug-likeness (QED) is 0.778. The van der Waals surface area contributed by atoms with Crippen molar-refractivity contribution in [2.24, 2.45) is 0 Å². The fourth-order valence-electron chi connectivity index (χ4n) is 4.12. The third-order valence-electron chi connectivity index (χ3n) is 5.75. The lowest BCUT2D eigenvalue weighted by molar-refractivity contribution is -0.136. The van der Waals surface area contributed by atoms with Crippen LogP contribution < -0.4 is 10.2 Å². The molecule has 2 fully saturated rings. The van der Waals surface area contributed by atoms with Crippen molar-refractivity contribution < 1.29 is 18.8 Å². The highest BCUT2D eigenvalue weighted by Gasteiger charge is 2.39. The monoisotopic (exact) mass is 404 g/mol. The second-order valence-electron chi connectivity index (χ2n) is 7.28. The van der Waals surface area contributed by atoms with E-state index in [0.717, 1.165) is 38.3 Å². The van der Waals surface area contributed by atoms with Crippen molar-refractivity contribution in [1.82, 2.24) is 15.1 Å². The molecule has 8 heteroatoms. The molecule has 1 unspecified atom stereocenters. The van der Waals surface area contributed by atoms with E-state index >= 15 is 0 Å². The number of hydrogen-bond acceptors (Lipinski definition) is 5. The molecule has 158 valence electrons. The third-order valence-corrected chi connectivity index (χ3v) is 5.75. The van der Waals surface area contributed by atoms with Gasteiger partial charge in [0.25, 0.3) is 5.91 Å². The smallest absolute Gasteiger partial charge is 0.255 e. The molecule has 3 amide bonds. The molecule has 1 atom stereocenters. The molecule has 4 rings (SSSR count). The predicted molar refractivity (Wildman–Crippen MR) is 108 cm³/mol. The third kappa shape index (κ3) is 4.12. The van der Waals surface area contributed by atoms with Crippen LogP contribution in [0.1, 0.15) is 49.5 Å². The van der Waals surface area contributed by atoms with E-state index in [9.17, 15) is 18.8 Å². The number of halogens is 1. The molecule has 0 bridgehead atoms. The zero-order valence-electron chi connectivity index (χ0n) is 17.3. The molecule has 7 nitrogen and oxygen atoms in total. The van der Waals surface area contributed by atoms with Crippen LogP contribution in [0.15, 0.2) is 12.1 Å². The average Bonchev–Trinajstić information content (AvgIpc) is 3.04. The summed E-state index contributed by atoms with van der Waals surface area (Å²) >= 11 is 0. The molecule has 0 aromatic heterocycles. The Kier molecular flexibility index (Phi) is 6.52. The maximum absolute atomic E-state index is 14.7. The van der Waals surface area contributed by atoms with E-state index in [-0.39, 0.29) is 24.8 Å². The zero-order chi connectivity index (χ0) is 21.1. The lowest BCUT2D eigenvalue weighted by Gasteiger charge is -2.35. The van der Waals surface area contributed by atoms with Crippen LogP contribution in [0.25, 0.3) is 0 Å². The van der Waals surface area contributed by atoms with Gasteiger partial charge in [-0.25, -0.2) is 4.39 Å². The van der Waals surface area contributed by atoms with E-state index in [1.807, 2.05) is 18.7 Å². The van der Waals surface area contributed by atoms with E-state index in [1.54, 1.807) is 6.07 Å². The number of rotatable bonds is 3. The Morgan fingerprint density at radius 2 is 1.79 bits per heavy atom. The van der Waals surface area contributed by atoms with Crippen molar-refractivity contribution in [3.8, 4) is 0 Å². The average molecular weight is 404 g/mol. The molecule has 29 heavy (non-hydrogen) atoms. The fraction of sp³-hybridized carbons (Fsp3) is 0.571. The van der Waals surface area contributed by atoms with Gasteiger partial charge in [0.15, 0.2) is 0 Å². The lowest BCUT2D eigenvalue weighted by atomic mass is 10.0. The number of piperazine rings is 1. The number of fused-ring (bicyclic) bond motifs is 1. The first-order chi connectivity index (χ1) is 14.0. The minimum atomic E-state index is -0.679. The summed E-state index contributed by atoms with van der Waals surface area (Å²) in [6.07, 6.45) is 0.510. The van der Waals surface area contributed by atoms with Gasteiger partial charge in [-0.2, -0.15) is 0 Å². The van der Waals surface area contributed by atoms with Crippen LogP contribution in [0.2, 0.25) is 0 Å². The van der Waals surface area contributed by atoms with Crippen LogP contribution in [0.4, 0.5) is 10.1 Å². The number of likely N-dealkylation sites (N-methyl/N-ethyl adjacent to an activating group) is 1. The minimum absolute atomic E-state index is 0.206. The summed E-state index contributed by atoms with van der Waals surface area (Å²) in [5.41, 5.74) is 1.56. The molecule has 0 saturated carbocycles. The summed E-state index contributed by atoms with van der Waals surface area (Å²) in [6.45, 7) is 10.6.